The predicted octanol–water partition coefficient (Wildman–Crippen LogP) is 1.03. The Morgan fingerprint density at radius 1 is 1.47 bits per heavy atom. The number of aromatic nitrogens is 1. The van der Waals surface area contributed by atoms with Crippen LogP contribution in [0.4, 0.5) is 10.1 Å². The van der Waals surface area contributed by atoms with Crippen LogP contribution in [0.3, 0.4) is 0 Å². The van der Waals surface area contributed by atoms with Crippen molar-refractivity contribution in [3.63, 3.8) is 0 Å². The standard InChI is InChI=1S/C19H20FN5O4S/c1-23-9-29-17-14-11(16(26)12(18(27)28)8-25(14)23)6-13(20)15(17)24-4-2-10(7-24)22-19-21-3-5-30-19/h6,8,10H,2-5,7,9H2,1H3,(H,21,22)(H,27,28). The number of amidine groups is 1. The van der Waals surface area contributed by atoms with Gasteiger partial charge < -0.3 is 20.1 Å². The minimum absolute atomic E-state index is 0.0108. The Balaban J connectivity index is 1.59. The summed E-state index contributed by atoms with van der Waals surface area (Å²) in [5.74, 6) is -0.705. The summed E-state index contributed by atoms with van der Waals surface area (Å²) in [6.07, 6.45) is 2.09. The number of hydrogen-bond acceptors (Lipinski definition) is 8. The summed E-state index contributed by atoms with van der Waals surface area (Å²) in [5.41, 5.74) is -0.453. The molecular formula is C19H20FN5O4S. The molecule has 1 aromatic heterocycles. The minimum atomic E-state index is -1.35. The zero-order valence-corrected chi connectivity index (χ0v) is 17.0. The highest BCUT2D eigenvalue weighted by atomic mass is 32.2. The van der Waals surface area contributed by atoms with Crippen LogP contribution in [0.2, 0.25) is 0 Å². The number of rotatable bonds is 3. The zero-order valence-electron chi connectivity index (χ0n) is 16.2. The number of aromatic carboxylic acids is 1. The van der Waals surface area contributed by atoms with Crippen LogP contribution in [-0.4, -0.2) is 66.1 Å². The van der Waals surface area contributed by atoms with Gasteiger partial charge in [-0.1, -0.05) is 11.8 Å². The quantitative estimate of drug-likeness (QED) is 0.741. The molecule has 0 bridgehead atoms. The molecule has 2 aromatic rings. The topological polar surface area (TPSA) is 99.4 Å². The Morgan fingerprint density at radius 2 is 2.30 bits per heavy atom. The normalized spacial score (nSPS) is 20.5. The summed E-state index contributed by atoms with van der Waals surface area (Å²) in [6.45, 7) is 2.11. The Kier molecular flexibility index (Phi) is 4.49. The van der Waals surface area contributed by atoms with Crippen molar-refractivity contribution >= 4 is 39.5 Å². The van der Waals surface area contributed by atoms with Gasteiger partial charge in [-0.25, -0.2) is 9.18 Å². The summed E-state index contributed by atoms with van der Waals surface area (Å²) >= 11 is 1.69. The number of carboxylic acids is 1. The van der Waals surface area contributed by atoms with Gasteiger partial charge in [0.2, 0.25) is 5.43 Å². The van der Waals surface area contributed by atoms with Crippen molar-refractivity contribution in [2.24, 2.45) is 4.99 Å². The molecule has 1 atom stereocenters. The molecule has 0 amide bonds. The predicted molar refractivity (Wildman–Crippen MR) is 113 cm³/mol. The van der Waals surface area contributed by atoms with Crippen LogP contribution in [0.5, 0.6) is 5.75 Å². The summed E-state index contributed by atoms with van der Waals surface area (Å²) in [7, 11) is 1.71. The summed E-state index contributed by atoms with van der Waals surface area (Å²) in [6, 6.07) is 1.26. The van der Waals surface area contributed by atoms with Crippen molar-refractivity contribution in [2.45, 2.75) is 12.5 Å². The fourth-order valence-electron chi connectivity index (χ4n) is 4.15. The van der Waals surface area contributed by atoms with E-state index in [9.17, 15) is 14.7 Å². The van der Waals surface area contributed by atoms with Gasteiger partial charge in [-0.3, -0.25) is 19.5 Å². The molecule has 0 spiro atoms. The van der Waals surface area contributed by atoms with E-state index < -0.39 is 22.8 Å². The first-order valence-corrected chi connectivity index (χ1v) is 10.6. The summed E-state index contributed by atoms with van der Waals surface area (Å²) in [4.78, 5) is 30.5. The molecule has 158 valence electrons. The van der Waals surface area contributed by atoms with E-state index in [0.717, 1.165) is 30.0 Å². The number of aliphatic imine (C=N–C) groups is 1. The lowest BCUT2D eigenvalue weighted by molar-refractivity contribution is 0.0694. The number of pyridine rings is 1. The van der Waals surface area contributed by atoms with Gasteiger partial charge in [0.15, 0.2) is 23.5 Å². The molecule has 9 nitrogen and oxygen atoms in total. The number of hydrogen-bond donors (Lipinski definition) is 2. The molecule has 0 radical (unpaired) electrons. The van der Waals surface area contributed by atoms with E-state index in [-0.39, 0.29) is 23.9 Å². The molecule has 0 aliphatic carbocycles. The van der Waals surface area contributed by atoms with Crippen molar-refractivity contribution in [2.75, 3.05) is 49.1 Å². The van der Waals surface area contributed by atoms with Gasteiger partial charge in [0.05, 0.1) is 11.9 Å². The highest BCUT2D eigenvalue weighted by Crippen LogP contribution is 2.41. The molecule has 11 heteroatoms. The number of ether oxygens (including phenoxy) is 1. The van der Waals surface area contributed by atoms with Gasteiger partial charge in [0.25, 0.3) is 0 Å². The Morgan fingerprint density at radius 3 is 3.03 bits per heavy atom. The molecule has 3 aliphatic rings. The number of halogens is 1. The number of thioether (sulfide) groups is 1. The molecule has 1 fully saturated rings. The third-order valence-electron chi connectivity index (χ3n) is 5.56. The molecule has 1 unspecified atom stereocenters. The van der Waals surface area contributed by atoms with Crippen molar-refractivity contribution in [3.8, 4) is 5.75 Å². The van der Waals surface area contributed by atoms with E-state index in [1.807, 2.05) is 4.90 Å². The lowest BCUT2D eigenvalue weighted by Crippen LogP contribution is -2.40. The van der Waals surface area contributed by atoms with Crippen LogP contribution in [0.25, 0.3) is 10.9 Å². The lowest BCUT2D eigenvalue weighted by Gasteiger charge is -2.33. The van der Waals surface area contributed by atoms with E-state index in [1.165, 1.54) is 6.20 Å². The van der Waals surface area contributed by atoms with Gasteiger partial charge in [-0.05, 0) is 12.5 Å². The monoisotopic (exact) mass is 433 g/mol. The third kappa shape index (κ3) is 2.95. The number of benzene rings is 1. The van der Waals surface area contributed by atoms with Crippen molar-refractivity contribution in [1.82, 2.24) is 9.99 Å². The maximum Gasteiger partial charge on any atom is 0.341 e. The van der Waals surface area contributed by atoms with E-state index in [1.54, 1.807) is 28.5 Å². The summed E-state index contributed by atoms with van der Waals surface area (Å²) < 4.78 is 22.6. The first kappa shape index (κ1) is 19.0. The molecule has 30 heavy (non-hydrogen) atoms. The minimum Gasteiger partial charge on any atom is -0.477 e. The van der Waals surface area contributed by atoms with Gasteiger partial charge in [-0.2, -0.15) is 0 Å². The van der Waals surface area contributed by atoms with E-state index >= 15 is 4.39 Å². The fourth-order valence-corrected chi connectivity index (χ4v) is 4.96. The lowest BCUT2D eigenvalue weighted by atomic mass is 10.1. The molecule has 1 aromatic carbocycles. The van der Waals surface area contributed by atoms with Gasteiger partial charge in [0.1, 0.15) is 16.8 Å². The number of carboxylic acid groups (broad SMARTS) is 1. The highest BCUT2D eigenvalue weighted by Gasteiger charge is 2.33. The average molecular weight is 433 g/mol. The van der Waals surface area contributed by atoms with E-state index in [2.05, 4.69) is 10.3 Å². The van der Waals surface area contributed by atoms with Crippen molar-refractivity contribution in [3.05, 3.63) is 33.9 Å². The molecule has 1 saturated heterocycles. The van der Waals surface area contributed by atoms with Crippen LogP contribution in [-0.2, 0) is 0 Å². The number of carbonyl (C=O) groups is 1. The Labute approximate surface area is 175 Å². The maximum absolute atomic E-state index is 15.2. The number of nitrogens with one attached hydrogen (secondary N) is 1. The van der Waals surface area contributed by atoms with Crippen molar-refractivity contribution in [1.29, 1.82) is 0 Å². The van der Waals surface area contributed by atoms with Gasteiger partial charge in [-0.15, -0.1) is 0 Å². The SMILES string of the molecule is CN1COc2c(N3CCC(NC4=NCCS4)C3)c(F)cc3c(=O)c(C(=O)O)cn1c23. The van der Waals surface area contributed by atoms with E-state index in [4.69, 9.17) is 4.74 Å². The first-order chi connectivity index (χ1) is 14.4. The first-order valence-electron chi connectivity index (χ1n) is 9.62. The Bertz CT molecular complexity index is 1150. The van der Waals surface area contributed by atoms with Crippen LogP contribution in [0, 0.1) is 5.82 Å². The molecule has 5 rings (SSSR count). The average Bonchev–Trinajstić information content (AvgIpc) is 3.38. The summed E-state index contributed by atoms with van der Waals surface area (Å²) in [5, 5.41) is 15.3. The molecule has 2 N–H and O–H groups in total. The Hall–Kier alpha value is -2.95. The van der Waals surface area contributed by atoms with Crippen LogP contribution < -0.4 is 25.4 Å². The van der Waals surface area contributed by atoms with Crippen LogP contribution in [0.1, 0.15) is 16.8 Å². The molecule has 3 aliphatic heterocycles. The largest absolute Gasteiger partial charge is 0.477 e. The zero-order chi connectivity index (χ0) is 21.0. The maximum atomic E-state index is 15.2. The molecule has 4 heterocycles. The van der Waals surface area contributed by atoms with Crippen molar-refractivity contribution < 1.29 is 19.0 Å². The highest BCUT2D eigenvalue weighted by molar-refractivity contribution is 8.14. The second kappa shape index (κ2) is 7.08. The smallest absolute Gasteiger partial charge is 0.341 e. The second-order valence-corrected chi connectivity index (χ2v) is 8.58. The number of anilines is 1. The van der Waals surface area contributed by atoms with Gasteiger partial charge in [0, 0.05) is 38.1 Å². The van der Waals surface area contributed by atoms with Crippen LogP contribution >= 0.6 is 11.8 Å². The number of nitrogens with zero attached hydrogens (tertiary/aromatic N) is 4. The second-order valence-electron chi connectivity index (χ2n) is 7.50. The molecular weight excluding hydrogens is 413 g/mol. The van der Waals surface area contributed by atoms with Crippen LogP contribution in [0.15, 0.2) is 22.1 Å². The van der Waals surface area contributed by atoms with Gasteiger partial charge >= 0.3 is 5.97 Å². The fraction of sp³-hybridized carbons (Fsp3) is 0.421. The van der Waals surface area contributed by atoms with E-state index in [0.29, 0.717) is 24.3 Å². The third-order valence-corrected chi connectivity index (χ3v) is 6.47. The molecule has 0 saturated carbocycles.